The van der Waals surface area contributed by atoms with Crippen LogP contribution < -0.4 is 20.5 Å². The highest BCUT2D eigenvalue weighted by molar-refractivity contribution is 7.13. The minimum Gasteiger partial charge on any atom is -0.496 e. The van der Waals surface area contributed by atoms with E-state index in [1.807, 2.05) is 51.3 Å². The van der Waals surface area contributed by atoms with Crippen LogP contribution in [0.1, 0.15) is 84.4 Å². The van der Waals surface area contributed by atoms with Gasteiger partial charge in [0.2, 0.25) is 11.8 Å². The number of pyridine rings is 1. The summed E-state index contributed by atoms with van der Waals surface area (Å²) in [6, 6.07) is 3.78. The smallest absolute Gasteiger partial charge is 0.408 e. The maximum Gasteiger partial charge on any atom is 0.408 e. The van der Waals surface area contributed by atoms with Crippen LogP contribution in [0.4, 0.5) is 4.79 Å². The van der Waals surface area contributed by atoms with E-state index in [1.165, 1.54) is 22.7 Å². The van der Waals surface area contributed by atoms with Crippen molar-refractivity contribution in [3.8, 4) is 22.2 Å². The Bertz CT molecular complexity index is 1750. The van der Waals surface area contributed by atoms with Crippen LogP contribution >= 0.6 is 11.3 Å². The van der Waals surface area contributed by atoms with Crippen molar-refractivity contribution in [2.45, 2.75) is 104 Å². The monoisotopic (exact) mass is 677 g/mol. The quantitative estimate of drug-likeness (QED) is 0.282. The van der Waals surface area contributed by atoms with Crippen molar-refractivity contribution in [1.82, 2.24) is 20.2 Å². The third-order valence-corrected chi connectivity index (χ3v) is 11.2. The first-order chi connectivity index (χ1) is 22.6. The summed E-state index contributed by atoms with van der Waals surface area (Å²) in [5.74, 6) is 1.10. The average molecular weight is 678 g/mol. The molecule has 0 radical (unpaired) electrons. The molecule has 3 N–H and O–H groups in total. The number of hydrogen-bond donors (Lipinski definition) is 2. The van der Waals surface area contributed by atoms with E-state index in [9.17, 15) is 14.4 Å². The van der Waals surface area contributed by atoms with Crippen LogP contribution in [0.25, 0.3) is 21.6 Å². The number of nitrogens with zero attached hydrogens (tertiary/aromatic N) is 3. The zero-order valence-electron chi connectivity index (χ0n) is 29.1. The molecule has 6 rings (SSSR count). The number of primary amides is 1. The molecule has 2 saturated carbocycles. The molecular weight excluding hydrogens is 630 g/mol. The molecule has 0 bridgehead atoms. The fourth-order valence-electron chi connectivity index (χ4n) is 7.30. The molecule has 11 nitrogen and oxygen atoms in total. The highest BCUT2D eigenvalue weighted by atomic mass is 32.1. The second kappa shape index (κ2) is 12.5. The number of rotatable bonds is 9. The zero-order chi connectivity index (χ0) is 34.7. The number of amides is 3. The van der Waals surface area contributed by atoms with E-state index in [0.717, 1.165) is 34.5 Å². The van der Waals surface area contributed by atoms with E-state index in [0.29, 0.717) is 28.6 Å². The molecule has 6 atom stereocenters. The van der Waals surface area contributed by atoms with Gasteiger partial charge in [-0.1, -0.05) is 41.5 Å². The summed E-state index contributed by atoms with van der Waals surface area (Å²) in [4.78, 5) is 51.2. The lowest BCUT2D eigenvalue weighted by molar-refractivity contribution is -0.141. The Morgan fingerprint density at radius 3 is 2.46 bits per heavy atom. The molecule has 3 amide bonds. The number of alkyl carbamates (subject to hydrolysis) is 1. The SMILES string of the molecule is COc1ccc2c(OC3C[C@@H](C(N)=O)N(C(=O)[C@@H](NC(=O)O[C@H]4C[C@H]5C[C@@]5(C)C4)C(C)(C)C)C3)cc(-c3nc(C(C)C)cs3)nc2c1C. The van der Waals surface area contributed by atoms with Crippen LogP contribution in [0.3, 0.4) is 0 Å². The maximum atomic E-state index is 14.2. The number of ether oxygens (including phenoxy) is 3. The zero-order valence-corrected chi connectivity index (χ0v) is 29.9. The average Bonchev–Trinajstić information content (AvgIpc) is 3.44. The Balaban J connectivity index is 1.26. The van der Waals surface area contributed by atoms with Crippen LogP contribution in [0.5, 0.6) is 11.5 Å². The lowest BCUT2D eigenvalue weighted by Gasteiger charge is -2.35. The van der Waals surface area contributed by atoms with Crippen LogP contribution in [-0.2, 0) is 14.3 Å². The number of carbonyl (C=O) groups is 3. The van der Waals surface area contributed by atoms with Crippen LogP contribution in [0.15, 0.2) is 23.6 Å². The standard InChI is InChI=1S/C36H47N5O6S/c1-18(2)25-17-48-32(39-25)24-13-28(23-9-10-27(45-8)19(3)29(23)38-24)46-22-12-26(31(37)42)41(16-22)33(43)30(35(4,5)6)40-34(44)47-21-11-20-14-36(20,7)15-21/h9-10,13,17-18,20-22,26,30H,11-12,14-16H2,1-8H3,(H2,37,42)(H,40,44)/t20-,21-,22?,26-,30+,36-/m0/s1. The molecule has 258 valence electrons. The van der Waals surface area contributed by atoms with E-state index >= 15 is 0 Å². The predicted molar refractivity (Wildman–Crippen MR) is 184 cm³/mol. The largest absolute Gasteiger partial charge is 0.496 e. The summed E-state index contributed by atoms with van der Waals surface area (Å²) < 4.78 is 18.0. The summed E-state index contributed by atoms with van der Waals surface area (Å²) in [6.07, 6.45) is 1.75. The lowest BCUT2D eigenvalue weighted by Crippen LogP contribution is -2.57. The van der Waals surface area contributed by atoms with E-state index in [-0.39, 0.29) is 30.4 Å². The van der Waals surface area contributed by atoms with Crippen molar-refractivity contribution in [3.63, 3.8) is 0 Å². The molecule has 3 fully saturated rings. The fraction of sp³-hybridized carbons (Fsp3) is 0.583. The van der Waals surface area contributed by atoms with Crippen molar-refractivity contribution in [1.29, 1.82) is 0 Å². The minimum atomic E-state index is -0.944. The van der Waals surface area contributed by atoms with Gasteiger partial charge in [-0.05, 0) is 61.0 Å². The summed E-state index contributed by atoms with van der Waals surface area (Å²) in [5, 5.41) is 6.40. The molecule has 1 aliphatic heterocycles. The third kappa shape index (κ3) is 6.55. The Hall–Kier alpha value is -3.93. The van der Waals surface area contributed by atoms with Gasteiger partial charge in [0.15, 0.2) is 0 Å². The first-order valence-corrected chi connectivity index (χ1v) is 17.6. The Labute approximate surface area is 285 Å². The summed E-state index contributed by atoms with van der Waals surface area (Å²) in [7, 11) is 1.62. The van der Waals surface area contributed by atoms with E-state index in [4.69, 9.17) is 29.9 Å². The van der Waals surface area contributed by atoms with Gasteiger partial charge in [0.1, 0.15) is 46.5 Å². The van der Waals surface area contributed by atoms with Crippen molar-refractivity contribution >= 4 is 40.1 Å². The van der Waals surface area contributed by atoms with Crippen molar-refractivity contribution in [2.24, 2.45) is 22.5 Å². The molecule has 3 heterocycles. The second-order valence-corrected chi connectivity index (χ2v) is 16.2. The number of likely N-dealkylation sites (tertiary alicyclic amines) is 1. The van der Waals surface area contributed by atoms with Gasteiger partial charge >= 0.3 is 6.09 Å². The van der Waals surface area contributed by atoms with Gasteiger partial charge in [-0.25, -0.2) is 14.8 Å². The van der Waals surface area contributed by atoms with Gasteiger partial charge < -0.3 is 30.2 Å². The van der Waals surface area contributed by atoms with Crippen molar-refractivity contribution in [2.75, 3.05) is 13.7 Å². The summed E-state index contributed by atoms with van der Waals surface area (Å²) in [5.41, 5.74) is 8.68. The predicted octanol–water partition coefficient (Wildman–Crippen LogP) is 5.96. The molecule has 2 aromatic heterocycles. The van der Waals surface area contributed by atoms with Crippen LogP contribution in [-0.4, -0.2) is 70.7 Å². The van der Waals surface area contributed by atoms with Gasteiger partial charge in [-0.15, -0.1) is 11.3 Å². The molecule has 12 heteroatoms. The van der Waals surface area contributed by atoms with Gasteiger partial charge in [-0.2, -0.15) is 0 Å². The molecule has 1 unspecified atom stereocenters. The number of fused-ring (bicyclic) bond motifs is 2. The first kappa shape index (κ1) is 34.0. The molecular formula is C36H47N5O6S. The first-order valence-electron chi connectivity index (χ1n) is 16.8. The highest BCUT2D eigenvalue weighted by Gasteiger charge is 2.57. The van der Waals surface area contributed by atoms with E-state index < -0.39 is 41.5 Å². The number of thiazole rings is 1. The number of aromatic nitrogens is 2. The minimum absolute atomic E-state index is 0.113. The second-order valence-electron chi connectivity index (χ2n) is 15.4. The van der Waals surface area contributed by atoms with E-state index in [1.54, 1.807) is 7.11 Å². The Kier molecular flexibility index (Phi) is 8.85. The maximum absolute atomic E-state index is 14.2. The molecule has 2 aliphatic carbocycles. The number of carbonyl (C=O) groups excluding carboxylic acids is 3. The van der Waals surface area contributed by atoms with Gasteiger partial charge in [0, 0.05) is 28.8 Å². The number of nitrogens with two attached hydrogens (primary N) is 1. The summed E-state index contributed by atoms with van der Waals surface area (Å²) in [6.45, 7) is 14.1. The van der Waals surface area contributed by atoms with E-state index in [2.05, 4.69) is 26.1 Å². The number of methoxy groups -OCH3 is 1. The molecule has 3 aromatic rings. The van der Waals surface area contributed by atoms with Crippen LogP contribution in [0.2, 0.25) is 0 Å². The topological polar surface area (TPSA) is 146 Å². The van der Waals surface area contributed by atoms with Gasteiger partial charge in [0.25, 0.3) is 0 Å². The molecule has 0 spiro atoms. The normalized spacial score (nSPS) is 25.6. The Morgan fingerprint density at radius 1 is 1.10 bits per heavy atom. The molecule has 1 saturated heterocycles. The third-order valence-electron chi connectivity index (χ3n) is 10.3. The van der Waals surface area contributed by atoms with Gasteiger partial charge in [-0.3, -0.25) is 9.59 Å². The lowest BCUT2D eigenvalue weighted by atomic mass is 9.85. The molecule has 48 heavy (non-hydrogen) atoms. The number of nitrogens with one attached hydrogen (secondary N) is 1. The van der Waals surface area contributed by atoms with Crippen LogP contribution in [0, 0.1) is 23.7 Å². The number of hydrogen-bond acceptors (Lipinski definition) is 9. The highest BCUT2D eigenvalue weighted by Crippen LogP contribution is 2.63. The van der Waals surface area contributed by atoms with Crippen molar-refractivity contribution in [3.05, 3.63) is 34.8 Å². The van der Waals surface area contributed by atoms with Crippen molar-refractivity contribution < 1.29 is 28.6 Å². The Morgan fingerprint density at radius 2 is 1.85 bits per heavy atom. The molecule has 1 aromatic carbocycles. The molecule has 3 aliphatic rings. The number of benzene rings is 1. The fourth-order valence-corrected chi connectivity index (χ4v) is 8.24. The number of aryl methyl sites for hydroxylation is 1. The summed E-state index contributed by atoms with van der Waals surface area (Å²) >= 11 is 1.52. The van der Waals surface area contributed by atoms with Gasteiger partial charge in [0.05, 0.1) is 24.9 Å².